The summed E-state index contributed by atoms with van der Waals surface area (Å²) >= 11 is 11.9. The molecule has 2 aromatic rings. The molecule has 2 aromatic carbocycles. The van der Waals surface area contributed by atoms with Gasteiger partial charge in [0.2, 0.25) is 0 Å². The number of rotatable bonds is 3. The maximum atomic E-state index is 12.2. The lowest BCUT2D eigenvalue weighted by molar-refractivity contribution is 0.102. The van der Waals surface area contributed by atoms with Crippen LogP contribution in [0.3, 0.4) is 0 Å². The average Bonchev–Trinajstić information content (AvgIpc) is 2.42. The SMILES string of the molecule is COc1ccccc1C(=O)Nc1c(N)cc(Cl)cc1Cl. The van der Waals surface area contributed by atoms with Crippen LogP contribution in [0.25, 0.3) is 0 Å². The van der Waals surface area contributed by atoms with Gasteiger partial charge in [0, 0.05) is 5.02 Å². The van der Waals surface area contributed by atoms with Crippen LogP contribution in [0, 0.1) is 0 Å². The molecule has 0 aliphatic heterocycles. The quantitative estimate of drug-likeness (QED) is 0.847. The largest absolute Gasteiger partial charge is 0.496 e. The topological polar surface area (TPSA) is 64.3 Å². The first-order valence-corrected chi connectivity index (χ1v) is 6.47. The zero-order chi connectivity index (χ0) is 14.7. The lowest BCUT2D eigenvalue weighted by Crippen LogP contribution is -2.14. The van der Waals surface area contributed by atoms with E-state index in [1.54, 1.807) is 24.3 Å². The van der Waals surface area contributed by atoms with Crippen LogP contribution in [0.5, 0.6) is 5.75 Å². The van der Waals surface area contributed by atoms with Crippen molar-refractivity contribution in [1.82, 2.24) is 0 Å². The van der Waals surface area contributed by atoms with E-state index in [4.69, 9.17) is 33.7 Å². The molecule has 104 valence electrons. The Hall–Kier alpha value is -1.91. The Morgan fingerprint density at radius 3 is 2.60 bits per heavy atom. The Morgan fingerprint density at radius 2 is 1.95 bits per heavy atom. The predicted octanol–water partition coefficient (Wildman–Crippen LogP) is 3.84. The van der Waals surface area contributed by atoms with Crippen molar-refractivity contribution in [2.75, 3.05) is 18.2 Å². The van der Waals surface area contributed by atoms with Crippen LogP contribution in [-0.4, -0.2) is 13.0 Å². The second kappa shape index (κ2) is 6.03. The van der Waals surface area contributed by atoms with Crippen LogP contribution in [0.2, 0.25) is 10.0 Å². The molecule has 0 heterocycles. The summed E-state index contributed by atoms with van der Waals surface area (Å²) in [5, 5.41) is 3.34. The number of nitrogen functional groups attached to an aromatic ring is 1. The fourth-order valence-electron chi connectivity index (χ4n) is 1.74. The Kier molecular flexibility index (Phi) is 4.37. The van der Waals surface area contributed by atoms with Crippen molar-refractivity contribution < 1.29 is 9.53 Å². The smallest absolute Gasteiger partial charge is 0.259 e. The third-order valence-electron chi connectivity index (χ3n) is 2.68. The van der Waals surface area contributed by atoms with Crippen molar-refractivity contribution in [2.45, 2.75) is 0 Å². The molecule has 0 atom stereocenters. The van der Waals surface area contributed by atoms with Crippen LogP contribution < -0.4 is 15.8 Å². The molecular formula is C14H12Cl2N2O2. The van der Waals surface area contributed by atoms with Gasteiger partial charge in [0.1, 0.15) is 5.75 Å². The number of methoxy groups -OCH3 is 1. The maximum absolute atomic E-state index is 12.2. The molecule has 0 aromatic heterocycles. The summed E-state index contributed by atoms with van der Waals surface area (Å²) in [7, 11) is 1.50. The zero-order valence-electron chi connectivity index (χ0n) is 10.6. The highest BCUT2D eigenvalue weighted by atomic mass is 35.5. The minimum atomic E-state index is -0.363. The number of benzene rings is 2. The van der Waals surface area contributed by atoms with Crippen molar-refractivity contribution >= 4 is 40.5 Å². The lowest BCUT2D eigenvalue weighted by atomic mass is 10.1. The van der Waals surface area contributed by atoms with Gasteiger partial charge in [0.25, 0.3) is 5.91 Å². The van der Waals surface area contributed by atoms with Crippen LogP contribution in [0.15, 0.2) is 36.4 Å². The van der Waals surface area contributed by atoms with E-state index in [1.165, 1.54) is 19.2 Å². The van der Waals surface area contributed by atoms with Gasteiger partial charge >= 0.3 is 0 Å². The first kappa shape index (κ1) is 14.5. The molecule has 0 saturated carbocycles. The lowest BCUT2D eigenvalue weighted by Gasteiger charge is -2.12. The third kappa shape index (κ3) is 2.98. The first-order valence-electron chi connectivity index (χ1n) is 5.72. The molecule has 20 heavy (non-hydrogen) atoms. The molecule has 0 fully saturated rings. The van der Waals surface area contributed by atoms with Crippen molar-refractivity contribution in [1.29, 1.82) is 0 Å². The number of para-hydroxylation sites is 1. The molecule has 0 unspecified atom stereocenters. The highest BCUT2D eigenvalue weighted by Gasteiger charge is 2.15. The molecule has 2 rings (SSSR count). The fraction of sp³-hybridized carbons (Fsp3) is 0.0714. The molecule has 6 heteroatoms. The van der Waals surface area contributed by atoms with Crippen molar-refractivity contribution in [2.24, 2.45) is 0 Å². The van der Waals surface area contributed by atoms with E-state index in [1.807, 2.05) is 0 Å². The molecule has 0 bridgehead atoms. The number of anilines is 2. The molecule has 0 radical (unpaired) electrons. The van der Waals surface area contributed by atoms with Crippen LogP contribution in [0.1, 0.15) is 10.4 Å². The first-order chi connectivity index (χ1) is 9.52. The minimum Gasteiger partial charge on any atom is -0.496 e. The number of carbonyl (C=O) groups excluding carboxylic acids is 1. The van der Waals surface area contributed by atoms with Crippen molar-refractivity contribution in [3.8, 4) is 5.75 Å². The number of ether oxygens (including phenoxy) is 1. The molecule has 0 aliphatic carbocycles. The summed E-state index contributed by atoms with van der Waals surface area (Å²) in [4.78, 5) is 12.2. The van der Waals surface area contributed by atoms with Crippen LogP contribution >= 0.6 is 23.2 Å². The monoisotopic (exact) mass is 310 g/mol. The van der Waals surface area contributed by atoms with Gasteiger partial charge in [0.15, 0.2) is 0 Å². The van der Waals surface area contributed by atoms with Gasteiger partial charge in [0.05, 0.1) is 29.1 Å². The Labute approximate surface area is 126 Å². The Morgan fingerprint density at radius 1 is 1.25 bits per heavy atom. The van der Waals surface area contributed by atoms with Gasteiger partial charge in [-0.2, -0.15) is 0 Å². The number of hydrogen-bond donors (Lipinski definition) is 2. The van der Waals surface area contributed by atoms with E-state index in [0.29, 0.717) is 27.7 Å². The van der Waals surface area contributed by atoms with Gasteiger partial charge in [-0.05, 0) is 24.3 Å². The van der Waals surface area contributed by atoms with Gasteiger partial charge in [-0.15, -0.1) is 0 Å². The van der Waals surface area contributed by atoms with E-state index in [0.717, 1.165) is 0 Å². The normalized spacial score (nSPS) is 10.2. The third-order valence-corrected chi connectivity index (χ3v) is 3.19. The predicted molar refractivity (Wildman–Crippen MR) is 81.8 cm³/mol. The number of hydrogen-bond acceptors (Lipinski definition) is 3. The number of amides is 1. The molecule has 4 nitrogen and oxygen atoms in total. The summed E-state index contributed by atoms with van der Waals surface area (Å²) in [6.45, 7) is 0. The molecule has 3 N–H and O–H groups in total. The van der Waals surface area contributed by atoms with E-state index in [9.17, 15) is 4.79 Å². The molecule has 1 amide bonds. The van der Waals surface area contributed by atoms with Gasteiger partial charge in [-0.25, -0.2) is 0 Å². The number of nitrogens with two attached hydrogens (primary N) is 1. The highest BCUT2D eigenvalue weighted by molar-refractivity contribution is 6.37. The van der Waals surface area contributed by atoms with E-state index < -0.39 is 0 Å². The Bertz CT molecular complexity index is 636. The molecule has 0 saturated heterocycles. The minimum absolute atomic E-state index is 0.276. The fourth-order valence-corrected chi connectivity index (χ4v) is 2.29. The zero-order valence-corrected chi connectivity index (χ0v) is 12.1. The summed E-state index contributed by atoms with van der Waals surface area (Å²) in [5.41, 5.74) is 6.82. The summed E-state index contributed by atoms with van der Waals surface area (Å²) in [5.74, 6) is 0.104. The maximum Gasteiger partial charge on any atom is 0.259 e. The van der Waals surface area contributed by atoms with E-state index >= 15 is 0 Å². The standard InChI is InChI=1S/C14H12Cl2N2O2/c1-20-12-5-3-2-4-9(12)14(19)18-13-10(16)6-8(15)7-11(13)17/h2-7H,17H2,1H3,(H,18,19). The highest BCUT2D eigenvalue weighted by Crippen LogP contribution is 2.32. The molecule has 0 spiro atoms. The van der Waals surface area contributed by atoms with E-state index in [-0.39, 0.29) is 10.9 Å². The number of nitrogens with one attached hydrogen (secondary N) is 1. The molecule has 0 aliphatic rings. The summed E-state index contributed by atoms with van der Waals surface area (Å²) < 4.78 is 5.14. The second-order valence-electron chi connectivity index (χ2n) is 4.01. The van der Waals surface area contributed by atoms with Gasteiger partial charge in [-0.3, -0.25) is 4.79 Å². The summed E-state index contributed by atoms with van der Waals surface area (Å²) in [6, 6.07) is 9.89. The summed E-state index contributed by atoms with van der Waals surface area (Å²) in [6.07, 6.45) is 0. The average molecular weight is 311 g/mol. The van der Waals surface area contributed by atoms with Gasteiger partial charge in [-0.1, -0.05) is 35.3 Å². The van der Waals surface area contributed by atoms with Crippen molar-refractivity contribution in [3.63, 3.8) is 0 Å². The number of halogens is 2. The number of carbonyl (C=O) groups is 1. The second-order valence-corrected chi connectivity index (χ2v) is 4.85. The van der Waals surface area contributed by atoms with Crippen LogP contribution in [0.4, 0.5) is 11.4 Å². The van der Waals surface area contributed by atoms with Crippen molar-refractivity contribution in [3.05, 3.63) is 52.0 Å². The van der Waals surface area contributed by atoms with E-state index in [2.05, 4.69) is 5.32 Å². The molecular weight excluding hydrogens is 299 g/mol. The van der Waals surface area contributed by atoms with Gasteiger partial charge < -0.3 is 15.8 Å². The Balaban J connectivity index is 2.33. The van der Waals surface area contributed by atoms with Crippen LogP contribution in [-0.2, 0) is 0 Å².